The Hall–Kier alpha value is -3.15. The van der Waals surface area contributed by atoms with Gasteiger partial charge in [0, 0.05) is 17.0 Å². The van der Waals surface area contributed by atoms with E-state index in [4.69, 9.17) is 0 Å². The van der Waals surface area contributed by atoms with Crippen LogP contribution < -0.4 is 10.7 Å². The highest BCUT2D eigenvalue weighted by Crippen LogP contribution is 2.11. The van der Waals surface area contributed by atoms with Crippen molar-refractivity contribution < 1.29 is 14.7 Å². The van der Waals surface area contributed by atoms with E-state index in [0.717, 1.165) is 5.56 Å². The van der Waals surface area contributed by atoms with Gasteiger partial charge in [-0.05, 0) is 44.2 Å². The maximum Gasteiger partial charge on any atom is 0.271 e. The molecule has 0 unspecified atom stereocenters. The van der Waals surface area contributed by atoms with Gasteiger partial charge in [0.2, 0.25) is 5.91 Å². The topological polar surface area (TPSA) is 90.8 Å². The third-order valence-corrected chi connectivity index (χ3v) is 3.21. The number of benzene rings is 2. The molecule has 0 aliphatic carbocycles. The van der Waals surface area contributed by atoms with Crippen LogP contribution in [0.1, 0.15) is 29.3 Å². The number of phenols is 1. The smallest absolute Gasteiger partial charge is 0.271 e. The number of phenolic OH excluding ortho intramolecular Hbond substituents is 1. The van der Waals surface area contributed by atoms with E-state index in [-0.39, 0.29) is 23.6 Å². The monoisotopic (exact) mass is 325 g/mol. The first-order chi connectivity index (χ1) is 11.4. The second-order valence-electron chi connectivity index (χ2n) is 5.43. The molecule has 2 rings (SSSR count). The van der Waals surface area contributed by atoms with Crippen molar-refractivity contribution in [3.8, 4) is 5.75 Å². The van der Waals surface area contributed by atoms with Crippen molar-refractivity contribution in [1.82, 2.24) is 5.43 Å². The van der Waals surface area contributed by atoms with Crippen molar-refractivity contribution in [3.63, 3.8) is 0 Å². The van der Waals surface area contributed by atoms with Crippen molar-refractivity contribution in [2.75, 3.05) is 5.32 Å². The van der Waals surface area contributed by atoms with Gasteiger partial charge >= 0.3 is 0 Å². The molecule has 6 nitrogen and oxygen atoms in total. The number of carbonyl (C=O) groups excluding carboxylic acids is 2. The van der Waals surface area contributed by atoms with Crippen molar-refractivity contribution in [3.05, 3.63) is 59.7 Å². The first-order valence-corrected chi connectivity index (χ1v) is 7.43. The number of nitrogens with zero attached hydrogens (tertiary/aromatic N) is 1. The maximum absolute atomic E-state index is 11.9. The molecule has 2 amide bonds. The van der Waals surface area contributed by atoms with E-state index in [1.807, 2.05) is 31.2 Å². The van der Waals surface area contributed by atoms with Crippen molar-refractivity contribution >= 4 is 23.2 Å². The van der Waals surface area contributed by atoms with Crippen LogP contribution in [-0.2, 0) is 4.79 Å². The van der Waals surface area contributed by atoms with Crippen LogP contribution in [0.15, 0.2) is 53.6 Å². The summed E-state index contributed by atoms with van der Waals surface area (Å²) < 4.78 is 0. The lowest BCUT2D eigenvalue weighted by molar-refractivity contribution is -0.115. The van der Waals surface area contributed by atoms with E-state index < -0.39 is 5.91 Å². The van der Waals surface area contributed by atoms with Gasteiger partial charge in [0.25, 0.3) is 5.91 Å². The van der Waals surface area contributed by atoms with Gasteiger partial charge in [-0.2, -0.15) is 5.10 Å². The SMILES string of the molecule is C/C(CC(=O)Nc1ccc(C)cc1)=N\NC(=O)c1cccc(O)c1. The summed E-state index contributed by atoms with van der Waals surface area (Å²) in [6, 6.07) is 13.4. The highest BCUT2D eigenvalue weighted by Gasteiger charge is 2.07. The molecule has 0 aliphatic rings. The summed E-state index contributed by atoms with van der Waals surface area (Å²) in [5, 5.41) is 16.0. The average molecular weight is 325 g/mol. The Labute approximate surface area is 140 Å². The summed E-state index contributed by atoms with van der Waals surface area (Å²) in [6.07, 6.45) is 0.0637. The molecular formula is C18H19N3O3. The van der Waals surface area contributed by atoms with Crippen LogP contribution in [-0.4, -0.2) is 22.6 Å². The van der Waals surface area contributed by atoms with E-state index in [1.54, 1.807) is 19.1 Å². The molecule has 0 saturated heterocycles. The van der Waals surface area contributed by atoms with E-state index in [2.05, 4.69) is 15.8 Å². The molecule has 24 heavy (non-hydrogen) atoms. The Morgan fingerprint density at radius 1 is 1.12 bits per heavy atom. The van der Waals surface area contributed by atoms with Crippen LogP contribution in [0.5, 0.6) is 5.75 Å². The van der Waals surface area contributed by atoms with Gasteiger partial charge in [0.1, 0.15) is 5.75 Å². The number of amides is 2. The molecule has 124 valence electrons. The van der Waals surface area contributed by atoms with Crippen LogP contribution in [0.2, 0.25) is 0 Å². The summed E-state index contributed by atoms with van der Waals surface area (Å²) in [5.74, 6) is -0.670. The lowest BCUT2D eigenvalue weighted by Gasteiger charge is -2.06. The quantitative estimate of drug-likeness (QED) is 0.583. The van der Waals surface area contributed by atoms with Gasteiger partial charge in [-0.15, -0.1) is 0 Å². The summed E-state index contributed by atoms with van der Waals surface area (Å²) in [5.41, 5.74) is 4.94. The van der Waals surface area contributed by atoms with Crippen LogP contribution in [0, 0.1) is 6.92 Å². The Kier molecular flexibility index (Phi) is 5.68. The van der Waals surface area contributed by atoms with E-state index in [1.165, 1.54) is 12.1 Å². The second kappa shape index (κ2) is 7.92. The number of aryl methyl sites for hydroxylation is 1. The van der Waals surface area contributed by atoms with Crippen molar-refractivity contribution in [2.24, 2.45) is 5.10 Å². The molecule has 0 radical (unpaired) electrons. The number of hydrazone groups is 1. The van der Waals surface area contributed by atoms with Crippen LogP contribution in [0.4, 0.5) is 5.69 Å². The number of nitrogens with one attached hydrogen (secondary N) is 2. The molecule has 0 aliphatic heterocycles. The Morgan fingerprint density at radius 2 is 1.83 bits per heavy atom. The lowest BCUT2D eigenvalue weighted by Crippen LogP contribution is -2.21. The predicted molar refractivity (Wildman–Crippen MR) is 93.1 cm³/mol. The van der Waals surface area contributed by atoms with Gasteiger partial charge < -0.3 is 10.4 Å². The number of anilines is 1. The summed E-state index contributed by atoms with van der Waals surface area (Å²) in [4.78, 5) is 23.8. The highest BCUT2D eigenvalue weighted by atomic mass is 16.3. The van der Waals surface area contributed by atoms with Crippen LogP contribution >= 0.6 is 0 Å². The molecular weight excluding hydrogens is 306 g/mol. The minimum absolute atomic E-state index is 0.000766. The predicted octanol–water partition coefficient (Wildman–Crippen LogP) is 2.84. The molecule has 2 aromatic rings. The number of aromatic hydroxyl groups is 1. The fourth-order valence-electron chi connectivity index (χ4n) is 1.97. The number of hydrogen-bond acceptors (Lipinski definition) is 4. The first kappa shape index (κ1) is 17.2. The molecule has 0 heterocycles. The number of hydrogen-bond donors (Lipinski definition) is 3. The third kappa shape index (κ3) is 5.24. The Bertz CT molecular complexity index is 767. The molecule has 0 atom stereocenters. The zero-order valence-electron chi connectivity index (χ0n) is 13.5. The van der Waals surface area contributed by atoms with Gasteiger partial charge in [0.15, 0.2) is 0 Å². The van der Waals surface area contributed by atoms with Crippen LogP contribution in [0.25, 0.3) is 0 Å². The summed E-state index contributed by atoms with van der Waals surface area (Å²) in [6.45, 7) is 3.62. The van der Waals surface area contributed by atoms with Crippen LogP contribution in [0.3, 0.4) is 0 Å². The second-order valence-corrected chi connectivity index (χ2v) is 5.43. The molecule has 0 saturated carbocycles. The zero-order valence-corrected chi connectivity index (χ0v) is 13.5. The number of carbonyl (C=O) groups is 2. The molecule has 3 N–H and O–H groups in total. The maximum atomic E-state index is 11.9. The van der Waals surface area contributed by atoms with E-state index in [0.29, 0.717) is 11.4 Å². The normalized spacial score (nSPS) is 11.0. The molecule has 0 bridgehead atoms. The fourth-order valence-corrected chi connectivity index (χ4v) is 1.97. The highest BCUT2D eigenvalue weighted by molar-refractivity contribution is 6.06. The van der Waals surface area contributed by atoms with Gasteiger partial charge in [-0.3, -0.25) is 9.59 Å². The molecule has 6 heteroatoms. The fraction of sp³-hybridized carbons (Fsp3) is 0.167. The third-order valence-electron chi connectivity index (χ3n) is 3.21. The molecule has 2 aromatic carbocycles. The summed E-state index contributed by atoms with van der Waals surface area (Å²) in [7, 11) is 0. The molecule has 0 fully saturated rings. The summed E-state index contributed by atoms with van der Waals surface area (Å²) >= 11 is 0. The largest absolute Gasteiger partial charge is 0.508 e. The van der Waals surface area contributed by atoms with E-state index >= 15 is 0 Å². The molecule has 0 aromatic heterocycles. The first-order valence-electron chi connectivity index (χ1n) is 7.43. The number of rotatable bonds is 5. The van der Waals surface area contributed by atoms with Gasteiger partial charge in [-0.25, -0.2) is 5.43 Å². The Balaban J connectivity index is 1.87. The van der Waals surface area contributed by atoms with Crippen molar-refractivity contribution in [2.45, 2.75) is 20.3 Å². The van der Waals surface area contributed by atoms with Gasteiger partial charge in [0.05, 0.1) is 6.42 Å². The standard InChI is InChI=1S/C18H19N3O3/c1-12-6-8-15(9-7-12)19-17(23)10-13(2)20-21-18(24)14-4-3-5-16(22)11-14/h3-9,11,22H,10H2,1-2H3,(H,19,23)(H,21,24)/b20-13+. The average Bonchev–Trinajstić information content (AvgIpc) is 2.54. The zero-order chi connectivity index (χ0) is 17.5. The minimum Gasteiger partial charge on any atom is -0.508 e. The molecule has 0 spiro atoms. The minimum atomic E-state index is -0.454. The van der Waals surface area contributed by atoms with Crippen molar-refractivity contribution in [1.29, 1.82) is 0 Å². The lowest BCUT2D eigenvalue weighted by atomic mass is 10.2. The Morgan fingerprint density at radius 3 is 2.50 bits per heavy atom. The van der Waals surface area contributed by atoms with Gasteiger partial charge in [-0.1, -0.05) is 23.8 Å². The van der Waals surface area contributed by atoms with E-state index in [9.17, 15) is 14.7 Å².